The largest absolute Gasteiger partial charge is 0.399 e. The van der Waals surface area contributed by atoms with Gasteiger partial charge in [0.1, 0.15) is 4.90 Å². The average Bonchev–Trinajstić information content (AvgIpc) is 2.63. The molecule has 0 saturated carbocycles. The molecule has 1 aliphatic heterocycles. The van der Waals surface area contributed by atoms with Gasteiger partial charge in [0.25, 0.3) is 0 Å². The fourth-order valence-electron chi connectivity index (χ4n) is 2.12. The molecule has 0 aliphatic carbocycles. The summed E-state index contributed by atoms with van der Waals surface area (Å²) >= 11 is 5.97. The van der Waals surface area contributed by atoms with Gasteiger partial charge in [-0.3, -0.25) is 0 Å². The summed E-state index contributed by atoms with van der Waals surface area (Å²) in [6, 6.07) is 4.53. The molecule has 6 heteroatoms. The minimum Gasteiger partial charge on any atom is -0.399 e. The van der Waals surface area contributed by atoms with Crippen molar-refractivity contribution < 1.29 is 8.42 Å². The molecule has 0 aromatic heterocycles. The lowest BCUT2D eigenvalue weighted by Gasteiger charge is -2.20. The molecule has 0 amide bonds. The second-order valence-electron chi connectivity index (χ2n) is 5.44. The van der Waals surface area contributed by atoms with Crippen molar-refractivity contribution >= 4 is 27.3 Å². The third kappa shape index (κ3) is 2.48. The summed E-state index contributed by atoms with van der Waals surface area (Å²) in [5, 5.41) is 0.217. The standard InChI is InChI=1S/C12H17ClN2O2S/c1-12(2)5-6-15(8-12)18(16,17)11-7-9(14)3-4-10(11)13/h3-4,7H,5-6,8,14H2,1-2H3. The van der Waals surface area contributed by atoms with Crippen LogP contribution in [-0.4, -0.2) is 25.8 Å². The summed E-state index contributed by atoms with van der Waals surface area (Å²) in [5.74, 6) is 0. The van der Waals surface area contributed by atoms with Crippen molar-refractivity contribution in [1.82, 2.24) is 4.31 Å². The Kier molecular flexibility index (Phi) is 3.34. The van der Waals surface area contributed by atoms with Gasteiger partial charge in [-0.05, 0) is 30.0 Å². The first-order valence-electron chi connectivity index (χ1n) is 5.78. The summed E-state index contributed by atoms with van der Waals surface area (Å²) in [7, 11) is -3.54. The number of hydrogen-bond acceptors (Lipinski definition) is 3. The van der Waals surface area contributed by atoms with Crippen molar-refractivity contribution in [2.75, 3.05) is 18.8 Å². The molecule has 0 bridgehead atoms. The third-order valence-electron chi connectivity index (χ3n) is 3.22. The predicted molar refractivity (Wildman–Crippen MR) is 73.0 cm³/mol. The van der Waals surface area contributed by atoms with Gasteiger partial charge in [-0.1, -0.05) is 25.4 Å². The Morgan fingerprint density at radius 1 is 1.39 bits per heavy atom. The van der Waals surface area contributed by atoms with Crippen LogP contribution in [0.4, 0.5) is 5.69 Å². The van der Waals surface area contributed by atoms with Gasteiger partial charge < -0.3 is 5.73 Å². The summed E-state index contributed by atoms with van der Waals surface area (Å²) in [4.78, 5) is 0.0990. The van der Waals surface area contributed by atoms with E-state index in [9.17, 15) is 8.42 Å². The van der Waals surface area contributed by atoms with Gasteiger partial charge in [0.05, 0.1) is 5.02 Å². The SMILES string of the molecule is CC1(C)CCN(S(=O)(=O)c2cc(N)ccc2Cl)C1. The van der Waals surface area contributed by atoms with Gasteiger partial charge in [-0.2, -0.15) is 4.31 Å². The maximum absolute atomic E-state index is 12.5. The number of halogens is 1. The molecule has 1 heterocycles. The van der Waals surface area contributed by atoms with Gasteiger partial charge in [-0.25, -0.2) is 8.42 Å². The molecule has 1 aromatic rings. The lowest BCUT2D eigenvalue weighted by Crippen LogP contribution is -2.30. The minimum atomic E-state index is -3.54. The number of nitrogens with zero attached hydrogens (tertiary/aromatic N) is 1. The number of benzene rings is 1. The van der Waals surface area contributed by atoms with Crippen LogP contribution in [0.1, 0.15) is 20.3 Å². The fraction of sp³-hybridized carbons (Fsp3) is 0.500. The van der Waals surface area contributed by atoms with E-state index in [1.807, 2.05) is 0 Å². The monoisotopic (exact) mass is 288 g/mol. The molecule has 1 aliphatic rings. The van der Waals surface area contributed by atoms with E-state index in [1.165, 1.54) is 16.4 Å². The quantitative estimate of drug-likeness (QED) is 0.850. The van der Waals surface area contributed by atoms with Crippen LogP contribution in [0.25, 0.3) is 0 Å². The molecule has 2 rings (SSSR count). The predicted octanol–water partition coefficient (Wildman–Crippen LogP) is 2.34. The maximum Gasteiger partial charge on any atom is 0.244 e. The van der Waals surface area contributed by atoms with Crippen molar-refractivity contribution in [3.63, 3.8) is 0 Å². The molecule has 0 spiro atoms. The van der Waals surface area contributed by atoms with Gasteiger partial charge in [0.15, 0.2) is 0 Å². The highest BCUT2D eigenvalue weighted by atomic mass is 35.5. The van der Waals surface area contributed by atoms with E-state index >= 15 is 0 Å². The Bertz CT molecular complexity index is 569. The Hall–Kier alpha value is -0.780. The second kappa shape index (κ2) is 4.40. The molecule has 18 heavy (non-hydrogen) atoms. The van der Waals surface area contributed by atoms with Gasteiger partial charge >= 0.3 is 0 Å². The summed E-state index contributed by atoms with van der Waals surface area (Å²) < 4.78 is 26.4. The van der Waals surface area contributed by atoms with Crippen LogP contribution in [0.3, 0.4) is 0 Å². The zero-order valence-corrected chi connectivity index (χ0v) is 12.1. The normalized spacial score (nSPS) is 20.2. The van der Waals surface area contributed by atoms with Crippen molar-refractivity contribution in [1.29, 1.82) is 0 Å². The van der Waals surface area contributed by atoms with E-state index in [-0.39, 0.29) is 15.3 Å². The zero-order valence-electron chi connectivity index (χ0n) is 10.5. The van der Waals surface area contributed by atoms with Gasteiger partial charge in [0.2, 0.25) is 10.0 Å². The van der Waals surface area contributed by atoms with Crippen LogP contribution < -0.4 is 5.73 Å². The lowest BCUT2D eigenvalue weighted by molar-refractivity contribution is 0.375. The first-order chi connectivity index (χ1) is 8.22. The minimum absolute atomic E-state index is 0.0138. The Morgan fingerprint density at radius 2 is 2.06 bits per heavy atom. The van der Waals surface area contributed by atoms with Crippen LogP contribution in [0, 0.1) is 5.41 Å². The van der Waals surface area contributed by atoms with E-state index < -0.39 is 10.0 Å². The zero-order chi connectivity index (χ0) is 13.6. The number of anilines is 1. The Labute approximate surface area is 113 Å². The number of nitrogens with two attached hydrogens (primary N) is 1. The highest BCUT2D eigenvalue weighted by Gasteiger charge is 2.37. The number of nitrogen functional groups attached to an aromatic ring is 1. The van der Waals surface area contributed by atoms with Crippen LogP contribution in [-0.2, 0) is 10.0 Å². The second-order valence-corrected chi connectivity index (χ2v) is 7.76. The topological polar surface area (TPSA) is 63.4 Å². The van der Waals surface area contributed by atoms with Crippen molar-refractivity contribution in [3.8, 4) is 0 Å². The van der Waals surface area contributed by atoms with E-state index in [1.54, 1.807) is 6.07 Å². The molecule has 0 radical (unpaired) electrons. The fourth-order valence-corrected chi connectivity index (χ4v) is 4.26. The summed E-state index contributed by atoms with van der Waals surface area (Å²) in [6.45, 7) is 5.16. The number of sulfonamides is 1. The van der Waals surface area contributed by atoms with Crippen LogP contribution in [0.5, 0.6) is 0 Å². The van der Waals surface area contributed by atoms with Crippen molar-refractivity contribution in [2.45, 2.75) is 25.2 Å². The van der Waals surface area contributed by atoms with Crippen molar-refractivity contribution in [3.05, 3.63) is 23.2 Å². The lowest BCUT2D eigenvalue weighted by atomic mass is 9.93. The van der Waals surface area contributed by atoms with E-state index in [0.29, 0.717) is 18.8 Å². The van der Waals surface area contributed by atoms with E-state index in [0.717, 1.165) is 6.42 Å². The summed E-state index contributed by atoms with van der Waals surface area (Å²) in [5.41, 5.74) is 6.05. The smallest absolute Gasteiger partial charge is 0.244 e. The molecule has 4 nitrogen and oxygen atoms in total. The molecule has 0 atom stereocenters. The molecule has 2 N–H and O–H groups in total. The van der Waals surface area contributed by atoms with Crippen LogP contribution in [0.15, 0.2) is 23.1 Å². The number of rotatable bonds is 2. The van der Waals surface area contributed by atoms with Gasteiger partial charge in [0, 0.05) is 18.8 Å². The summed E-state index contributed by atoms with van der Waals surface area (Å²) in [6.07, 6.45) is 0.853. The van der Waals surface area contributed by atoms with Crippen LogP contribution in [0.2, 0.25) is 5.02 Å². The first kappa shape index (κ1) is 13.6. The van der Waals surface area contributed by atoms with E-state index in [2.05, 4.69) is 13.8 Å². The highest BCUT2D eigenvalue weighted by Crippen LogP contribution is 2.35. The van der Waals surface area contributed by atoms with E-state index in [4.69, 9.17) is 17.3 Å². The van der Waals surface area contributed by atoms with Crippen molar-refractivity contribution in [2.24, 2.45) is 5.41 Å². The molecule has 100 valence electrons. The molecule has 1 fully saturated rings. The molecular formula is C12H17ClN2O2S. The highest BCUT2D eigenvalue weighted by molar-refractivity contribution is 7.89. The molecule has 1 saturated heterocycles. The third-order valence-corrected chi connectivity index (χ3v) is 5.54. The van der Waals surface area contributed by atoms with Gasteiger partial charge in [-0.15, -0.1) is 0 Å². The average molecular weight is 289 g/mol. The Morgan fingerprint density at radius 3 is 2.61 bits per heavy atom. The number of hydrogen-bond donors (Lipinski definition) is 1. The Balaban J connectivity index is 2.40. The first-order valence-corrected chi connectivity index (χ1v) is 7.59. The maximum atomic E-state index is 12.5. The van der Waals surface area contributed by atoms with Crippen LogP contribution >= 0.6 is 11.6 Å². The molecule has 1 aromatic carbocycles. The molecular weight excluding hydrogens is 272 g/mol. The molecule has 0 unspecified atom stereocenters.